The Kier molecular flexibility index (Phi) is 12.0. The van der Waals surface area contributed by atoms with Gasteiger partial charge in [-0.25, -0.2) is 0 Å². The summed E-state index contributed by atoms with van der Waals surface area (Å²) in [6.45, 7) is 19.8. The normalized spacial score (nSPS) is 22.8. The quantitative estimate of drug-likeness (QED) is 0.211. The molecule has 45 heavy (non-hydrogen) atoms. The van der Waals surface area contributed by atoms with Crippen molar-refractivity contribution in [3.63, 3.8) is 0 Å². The van der Waals surface area contributed by atoms with Gasteiger partial charge in [0.25, 0.3) is 0 Å². The third-order valence-corrected chi connectivity index (χ3v) is 6.65. The molecule has 11 heteroatoms. The number of carbonyl (C=O) groups excluding carboxylic acids is 4. The van der Waals surface area contributed by atoms with E-state index in [1.54, 1.807) is 114 Å². The molecule has 1 heterocycles. The van der Waals surface area contributed by atoms with Gasteiger partial charge < -0.3 is 28.4 Å². The number of carbonyl (C=O) groups is 4. The highest BCUT2D eigenvalue weighted by atomic mass is 16.7. The molecular formula is C34H51NO10. The van der Waals surface area contributed by atoms with Crippen LogP contribution in [0.25, 0.3) is 0 Å². The molecule has 5 atom stereocenters. The lowest BCUT2D eigenvalue weighted by molar-refractivity contribution is -0.258. The van der Waals surface area contributed by atoms with Crippen LogP contribution in [-0.2, 0) is 42.9 Å². The molecule has 2 rings (SSSR count). The average molecular weight is 634 g/mol. The number of aliphatic imine (C=N–C) groups is 1. The van der Waals surface area contributed by atoms with Gasteiger partial charge in [-0.15, -0.1) is 0 Å². The number of benzene rings is 1. The van der Waals surface area contributed by atoms with Crippen molar-refractivity contribution in [3.05, 3.63) is 29.8 Å². The van der Waals surface area contributed by atoms with Crippen LogP contribution < -0.4 is 4.74 Å². The van der Waals surface area contributed by atoms with Gasteiger partial charge in [-0.3, -0.25) is 24.2 Å². The first-order valence-corrected chi connectivity index (χ1v) is 15.1. The summed E-state index contributed by atoms with van der Waals surface area (Å²) in [4.78, 5) is 57.3. The Morgan fingerprint density at radius 1 is 0.667 bits per heavy atom. The highest BCUT2D eigenvalue weighted by Crippen LogP contribution is 2.34. The van der Waals surface area contributed by atoms with Crippen LogP contribution in [0.5, 0.6) is 5.75 Å². The minimum atomic E-state index is -1.36. The van der Waals surface area contributed by atoms with Crippen molar-refractivity contribution in [1.82, 2.24) is 0 Å². The number of esters is 4. The van der Waals surface area contributed by atoms with Gasteiger partial charge in [0.1, 0.15) is 18.5 Å². The molecule has 0 aliphatic carbocycles. The molecule has 1 aromatic carbocycles. The zero-order valence-corrected chi connectivity index (χ0v) is 29.0. The molecule has 1 aliphatic rings. The Bertz CT molecular complexity index is 1230. The van der Waals surface area contributed by atoms with Crippen molar-refractivity contribution < 1.29 is 47.6 Å². The van der Waals surface area contributed by atoms with Gasteiger partial charge in [-0.1, -0.05) is 0 Å². The van der Waals surface area contributed by atoms with Crippen molar-refractivity contribution in [2.45, 2.75) is 114 Å². The first-order valence-electron chi connectivity index (χ1n) is 15.1. The lowest BCUT2D eigenvalue weighted by Gasteiger charge is -2.45. The number of nitrogens with zero attached hydrogens (tertiary/aromatic N) is 1. The van der Waals surface area contributed by atoms with E-state index in [0.29, 0.717) is 11.3 Å². The lowest BCUT2D eigenvalue weighted by atomic mass is 9.92. The minimum Gasteiger partial charge on any atom is -0.497 e. The van der Waals surface area contributed by atoms with Gasteiger partial charge in [-0.2, -0.15) is 0 Å². The van der Waals surface area contributed by atoms with Crippen LogP contribution in [0, 0.1) is 21.7 Å². The summed E-state index contributed by atoms with van der Waals surface area (Å²) in [6, 6.07) is 7.06. The van der Waals surface area contributed by atoms with E-state index in [4.69, 9.17) is 28.4 Å². The molecule has 1 saturated heterocycles. The van der Waals surface area contributed by atoms with Crippen molar-refractivity contribution in [3.8, 4) is 5.75 Å². The molecule has 1 aromatic rings. The summed E-state index contributed by atoms with van der Waals surface area (Å²) in [5.74, 6) is -1.74. The minimum absolute atomic E-state index is 0.351. The Morgan fingerprint density at radius 2 is 1.09 bits per heavy atom. The van der Waals surface area contributed by atoms with E-state index in [-0.39, 0.29) is 6.61 Å². The van der Waals surface area contributed by atoms with Crippen LogP contribution in [-0.4, -0.2) is 74.5 Å². The molecule has 0 radical (unpaired) electrons. The number of rotatable bonds is 8. The van der Waals surface area contributed by atoms with Crippen molar-refractivity contribution in [1.29, 1.82) is 0 Å². The molecule has 0 N–H and O–H groups in total. The van der Waals surface area contributed by atoms with Gasteiger partial charge in [0.2, 0.25) is 0 Å². The molecular weight excluding hydrogens is 582 g/mol. The van der Waals surface area contributed by atoms with E-state index >= 15 is 0 Å². The summed E-state index contributed by atoms with van der Waals surface area (Å²) < 4.78 is 35.1. The summed E-state index contributed by atoms with van der Waals surface area (Å²) in [5.41, 5.74) is -3.02. The topological polar surface area (TPSA) is 136 Å². The number of methoxy groups -OCH3 is 1. The Morgan fingerprint density at radius 3 is 1.51 bits per heavy atom. The Hall–Kier alpha value is -3.47. The Labute approximate surface area is 267 Å². The molecule has 0 aromatic heterocycles. The zero-order valence-electron chi connectivity index (χ0n) is 29.0. The van der Waals surface area contributed by atoms with E-state index in [1.807, 2.05) is 0 Å². The highest BCUT2D eigenvalue weighted by Gasteiger charge is 2.54. The maximum Gasteiger partial charge on any atom is 0.311 e. The first kappa shape index (κ1) is 37.7. The maximum atomic E-state index is 13.4. The third-order valence-electron chi connectivity index (χ3n) is 6.65. The van der Waals surface area contributed by atoms with Crippen LogP contribution in [0.4, 0.5) is 0 Å². The van der Waals surface area contributed by atoms with Crippen LogP contribution in [0.2, 0.25) is 0 Å². The molecule has 2 unspecified atom stereocenters. The molecule has 1 fully saturated rings. The largest absolute Gasteiger partial charge is 0.497 e. The zero-order chi connectivity index (χ0) is 34.5. The summed E-state index contributed by atoms with van der Waals surface area (Å²) in [5, 5.41) is 0. The molecule has 1 aliphatic heterocycles. The average Bonchev–Trinajstić information content (AvgIpc) is 2.91. The van der Waals surface area contributed by atoms with Crippen LogP contribution >= 0.6 is 0 Å². The SMILES string of the molecule is COc1ccc(C=N[C@@H]2OC(COC(=O)C(C)(C)C)[C@@H](OC(=O)C(C)(C)C)[C@@H](OC(=O)C(C)(C)C)C2OC(=O)C(C)(C)C)cc1. The molecule has 0 amide bonds. The highest BCUT2D eigenvalue weighted by molar-refractivity contribution is 5.80. The fourth-order valence-corrected chi connectivity index (χ4v) is 3.68. The lowest BCUT2D eigenvalue weighted by Crippen LogP contribution is -2.63. The fraction of sp³-hybridized carbons (Fsp3) is 0.676. The van der Waals surface area contributed by atoms with Crippen LogP contribution in [0.3, 0.4) is 0 Å². The third kappa shape index (κ3) is 10.8. The van der Waals surface area contributed by atoms with Gasteiger partial charge in [0, 0.05) is 6.21 Å². The predicted molar refractivity (Wildman–Crippen MR) is 168 cm³/mol. The second-order valence-electron chi connectivity index (χ2n) is 15.3. The summed E-state index contributed by atoms with van der Waals surface area (Å²) in [7, 11) is 1.56. The molecule has 11 nitrogen and oxygen atoms in total. The second-order valence-corrected chi connectivity index (χ2v) is 15.3. The van der Waals surface area contributed by atoms with Gasteiger partial charge in [-0.05, 0) is 113 Å². The Balaban J connectivity index is 2.71. The molecule has 0 bridgehead atoms. The van der Waals surface area contributed by atoms with Gasteiger partial charge >= 0.3 is 23.9 Å². The number of hydrogen-bond acceptors (Lipinski definition) is 11. The fourth-order valence-electron chi connectivity index (χ4n) is 3.68. The summed E-state index contributed by atoms with van der Waals surface area (Å²) in [6.07, 6.45) is -4.86. The van der Waals surface area contributed by atoms with E-state index < -0.39 is 76.2 Å². The van der Waals surface area contributed by atoms with E-state index in [1.165, 1.54) is 6.21 Å². The smallest absolute Gasteiger partial charge is 0.311 e. The maximum absolute atomic E-state index is 13.4. The van der Waals surface area contributed by atoms with Crippen LogP contribution in [0.1, 0.15) is 88.6 Å². The van der Waals surface area contributed by atoms with E-state index in [9.17, 15) is 19.2 Å². The standard InChI is InChI=1S/C34H51NO10/c1-31(2,3)27(36)41-19-22-23(43-28(37)32(4,5)6)24(44-29(38)33(7,8)9)25(45-30(39)34(10,11)12)26(42-22)35-18-20-14-16-21(40-13)17-15-20/h14-18,22-26H,19H2,1-13H3/t22?,23-,24-,25?,26-/m1/s1. The summed E-state index contributed by atoms with van der Waals surface area (Å²) >= 11 is 0. The molecule has 252 valence electrons. The predicted octanol–water partition coefficient (Wildman–Crippen LogP) is 5.30. The monoisotopic (exact) mass is 633 g/mol. The first-order chi connectivity index (χ1) is 20.4. The molecule has 0 saturated carbocycles. The van der Waals surface area contributed by atoms with Gasteiger partial charge in [0.05, 0.1) is 28.8 Å². The van der Waals surface area contributed by atoms with Crippen LogP contribution in [0.15, 0.2) is 29.3 Å². The number of ether oxygens (including phenoxy) is 6. The van der Waals surface area contributed by atoms with Crippen molar-refractivity contribution in [2.75, 3.05) is 13.7 Å². The van der Waals surface area contributed by atoms with E-state index in [2.05, 4.69) is 4.99 Å². The second kappa shape index (κ2) is 14.3. The number of hydrogen-bond donors (Lipinski definition) is 0. The van der Waals surface area contributed by atoms with Gasteiger partial charge in [0.15, 0.2) is 24.5 Å². The van der Waals surface area contributed by atoms with E-state index in [0.717, 1.165) is 0 Å². The molecule has 0 spiro atoms. The van der Waals surface area contributed by atoms with Crippen molar-refractivity contribution >= 4 is 30.1 Å². The van der Waals surface area contributed by atoms with Crippen molar-refractivity contribution in [2.24, 2.45) is 26.7 Å².